The number of benzene rings is 1. The van der Waals surface area contributed by atoms with E-state index >= 15 is 0 Å². The Bertz CT molecular complexity index is 540. The molecule has 1 aromatic rings. The summed E-state index contributed by atoms with van der Waals surface area (Å²) in [7, 11) is 1.86. The number of amides is 2. The van der Waals surface area contributed by atoms with Crippen molar-refractivity contribution in [2.75, 3.05) is 12.4 Å². The fraction of sp³-hybridized carbons (Fsp3) is 0.533. The quantitative estimate of drug-likeness (QED) is 0.869. The van der Waals surface area contributed by atoms with Crippen molar-refractivity contribution >= 4 is 34.9 Å². The largest absolute Gasteiger partial charge is 0.324 e. The van der Waals surface area contributed by atoms with Crippen LogP contribution in [0.5, 0.6) is 0 Å². The van der Waals surface area contributed by atoms with E-state index in [4.69, 9.17) is 23.2 Å². The van der Waals surface area contributed by atoms with Crippen molar-refractivity contribution in [2.45, 2.75) is 43.8 Å². The van der Waals surface area contributed by atoms with E-state index in [0.29, 0.717) is 33.9 Å². The molecule has 1 aromatic carbocycles. The van der Waals surface area contributed by atoms with Crippen molar-refractivity contribution in [3.05, 3.63) is 28.2 Å². The van der Waals surface area contributed by atoms with E-state index < -0.39 is 0 Å². The van der Waals surface area contributed by atoms with Gasteiger partial charge in [-0.1, -0.05) is 23.2 Å². The number of anilines is 1. The van der Waals surface area contributed by atoms with Crippen LogP contribution in [0.1, 0.15) is 25.7 Å². The molecule has 2 bridgehead atoms. The van der Waals surface area contributed by atoms with Crippen LogP contribution in [0.25, 0.3) is 0 Å². The Morgan fingerprint density at radius 1 is 1.24 bits per heavy atom. The average Bonchev–Trinajstić information content (AvgIpc) is 2.80. The molecule has 0 radical (unpaired) electrons. The van der Waals surface area contributed by atoms with Gasteiger partial charge in [-0.05, 0) is 43.9 Å². The lowest BCUT2D eigenvalue weighted by molar-refractivity contribution is 0.176. The predicted octanol–water partition coefficient (Wildman–Crippen LogP) is 3.74. The van der Waals surface area contributed by atoms with Crippen LogP contribution in [0.3, 0.4) is 0 Å². The van der Waals surface area contributed by atoms with Gasteiger partial charge < -0.3 is 15.5 Å². The van der Waals surface area contributed by atoms with E-state index in [1.807, 2.05) is 11.9 Å². The second-order valence-electron chi connectivity index (χ2n) is 5.93. The number of hydrogen-bond donors (Lipinski definition) is 2. The van der Waals surface area contributed by atoms with E-state index in [0.717, 1.165) is 12.8 Å². The van der Waals surface area contributed by atoms with Gasteiger partial charge >= 0.3 is 6.03 Å². The molecule has 2 atom stereocenters. The first kappa shape index (κ1) is 14.9. The van der Waals surface area contributed by atoms with Gasteiger partial charge in [0.1, 0.15) is 0 Å². The summed E-state index contributed by atoms with van der Waals surface area (Å²) in [6.07, 6.45) is 4.51. The molecule has 2 saturated heterocycles. The molecule has 0 aromatic heterocycles. The zero-order valence-corrected chi connectivity index (χ0v) is 13.4. The van der Waals surface area contributed by atoms with Crippen molar-refractivity contribution in [2.24, 2.45) is 0 Å². The van der Waals surface area contributed by atoms with E-state index in [1.165, 1.54) is 12.8 Å². The summed E-state index contributed by atoms with van der Waals surface area (Å²) in [5, 5.41) is 7.39. The molecule has 2 unspecified atom stereocenters. The van der Waals surface area contributed by atoms with Gasteiger partial charge in [0.25, 0.3) is 0 Å². The third-order valence-corrected chi connectivity index (χ3v) is 5.23. The second kappa shape index (κ2) is 6.03. The Balaban J connectivity index is 1.63. The smallest absolute Gasteiger partial charge is 0.321 e. The van der Waals surface area contributed by atoms with Crippen LogP contribution in [0, 0.1) is 0 Å². The summed E-state index contributed by atoms with van der Waals surface area (Å²) in [5.41, 5.74) is 0.665. The normalized spacial score (nSPS) is 27.5. The highest BCUT2D eigenvalue weighted by molar-refractivity contribution is 6.42. The molecule has 114 valence electrons. The van der Waals surface area contributed by atoms with Gasteiger partial charge in [0, 0.05) is 30.9 Å². The van der Waals surface area contributed by atoms with Crippen LogP contribution in [0.4, 0.5) is 10.5 Å². The number of carbonyl (C=O) groups excluding carboxylic acids is 1. The third kappa shape index (κ3) is 3.28. The Morgan fingerprint density at radius 2 is 1.90 bits per heavy atom. The summed E-state index contributed by atoms with van der Waals surface area (Å²) in [6, 6.07) is 6.44. The summed E-state index contributed by atoms with van der Waals surface area (Å²) in [5.74, 6) is 0. The molecule has 2 aliphatic heterocycles. The highest BCUT2D eigenvalue weighted by Crippen LogP contribution is 2.30. The first-order chi connectivity index (χ1) is 10.0. The predicted molar refractivity (Wildman–Crippen MR) is 86.2 cm³/mol. The van der Waals surface area contributed by atoms with Crippen LogP contribution in [-0.4, -0.2) is 36.1 Å². The third-order valence-electron chi connectivity index (χ3n) is 4.49. The zero-order valence-electron chi connectivity index (χ0n) is 11.9. The van der Waals surface area contributed by atoms with Gasteiger partial charge in [-0.15, -0.1) is 0 Å². The summed E-state index contributed by atoms with van der Waals surface area (Å²) in [4.78, 5) is 14.2. The van der Waals surface area contributed by atoms with E-state index in [1.54, 1.807) is 18.2 Å². The van der Waals surface area contributed by atoms with E-state index in [2.05, 4.69) is 10.6 Å². The van der Waals surface area contributed by atoms with Gasteiger partial charge in [0.2, 0.25) is 0 Å². The highest BCUT2D eigenvalue weighted by atomic mass is 35.5. The highest BCUT2D eigenvalue weighted by Gasteiger charge is 2.36. The summed E-state index contributed by atoms with van der Waals surface area (Å²) < 4.78 is 0. The Kier molecular flexibility index (Phi) is 4.29. The molecule has 0 aliphatic carbocycles. The van der Waals surface area contributed by atoms with Crippen molar-refractivity contribution in [1.29, 1.82) is 0 Å². The Hall–Kier alpha value is -0.970. The number of nitrogens with zero attached hydrogens (tertiary/aromatic N) is 1. The number of fused-ring (bicyclic) bond motifs is 2. The molecule has 3 rings (SSSR count). The SMILES string of the molecule is CN(C(=O)Nc1ccc(Cl)c(Cl)c1)C1CC2CCC(C1)N2. The molecule has 2 aliphatic rings. The van der Waals surface area contributed by atoms with Crippen LogP contribution in [0.2, 0.25) is 10.0 Å². The van der Waals surface area contributed by atoms with Crippen molar-refractivity contribution < 1.29 is 4.79 Å². The van der Waals surface area contributed by atoms with Gasteiger partial charge in [0.15, 0.2) is 0 Å². The Labute approximate surface area is 134 Å². The van der Waals surface area contributed by atoms with Crippen LogP contribution in [0.15, 0.2) is 18.2 Å². The number of hydrogen-bond acceptors (Lipinski definition) is 2. The maximum absolute atomic E-state index is 12.4. The van der Waals surface area contributed by atoms with Crippen LogP contribution < -0.4 is 10.6 Å². The lowest BCUT2D eigenvalue weighted by Gasteiger charge is -2.35. The monoisotopic (exact) mass is 327 g/mol. The minimum Gasteiger partial charge on any atom is -0.324 e. The van der Waals surface area contributed by atoms with E-state index in [-0.39, 0.29) is 6.03 Å². The fourth-order valence-electron chi connectivity index (χ4n) is 3.29. The van der Waals surface area contributed by atoms with Gasteiger partial charge in [-0.3, -0.25) is 0 Å². The van der Waals surface area contributed by atoms with Gasteiger partial charge in [-0.25, -0.2) is 4.79 Å². The van der Waals surface area contributed by atoms with Crippen LogP contribution in [-0.2, 0) is 0 Å². The fourth-order valence-corrected chi connectivity index (χ4v) is 3.59. The molecule has 4 nitrogen and oxygen atoms in total. The molecule has 6 heteroatoms. The number of nitrogens with one attached hydrogen (secondary N) is 2. The molecule has 2 N–H and O–H groups in total. The molecule has 0 spiro atoms. The lowest BCUT2D eigenvalue weighted by Crippen LogP contribution is -2.49. The number of carbonyl (C=O) groups is 1. The van der Waals surface area contributed by atoms with Crippen LogP contribution >= 0.6 is 23.2 Å². The summed E-state index contributed by atoms with van der Waals surface area (Å²) >= 11 is 11.8. The number of piperidine rings is 1. The van der Waals surface area contributed by atoms with E-state index in [9.17, 15) is 4.79 Å². The van der Waals surface area contributed by atoms with Crippen molar-refractivity contribution in [1.82, 2.24) is 10.2 Å². The summed E-state index contributed by atoms with van der Waals surface area (Å²) in [6.45, 7) is 0. The van der Waals surface area contributed by atoms with Gasteiger partial charge in [0.05, 0.1) is 10.0 Å². The van der Waals surface area contributed by atoms with Crippen molar-refractivity contribution in [3.63, 3.8) is 0 Å². The molecule has 2 heterocycles. The maximum Gasteiger partial charge on any atom is 0.321 e. The number of urea groups is 1. The molecule has 2 fully saturated rings. The average molecular weight is 328 g/mol. The molecule has 2 amide bonds. The first-order valence-electron chi connectivity index (χ1n) is 7.28. The lowest BCUT2D eigenvalue weighted by atomic mass is 9.99. The topological polar surface area (TPSA) is 44.4 Å². The minimum atomic E-state index is -0.0975. The first-order valence-corrected chi connectivity index (χ1v) is 8.03. The zero-order chi connectivity index (χ0) is 15.0. The Morgan fingerprint density at radius 3 is 2.52 bits per heavy atom. The molecular formula is C15H19Cl2N3O. The number of rotatable bonds is 2. The van der Waals surface area contributed by atoms with Crippen molar-refractivity contribution in [3.8, 4) is 0 Å². The second-order valence-corrected chi connectivity index (χ2v) is 6.75. The maximum atomic E-state index is 12.4. The molecule has 21 heavy (non-hydrogen) atoms. The number of halogens is 2. The standard InChI is InChI=1S/C15H19Cl2N3O/c1-20(12-6-9-2-3-10(7-12)18-9)15(21)19-11-4-5-13(16)14(17)8-11/h4-5,8-10,12,18H,2-3,6-7H2,1H3,(H,19,21). The van der Waals surface area contributed by atoms with Gasteiger partial charge in [-0.2, -0.15) is 0 Å². The molecular weight excluding hydrogens is 309 g/mol. The minimum absolute atomic E-state index is 0.0975. The molecule has 0 saturated carbocycles.